The minimum absolute atomic E-state index is 0.262. The van der Waals surface area contributed by atoms with E-state index >= 15 is 0 Å². The predicted molar refractivity (Wildman–Crippen MR) is 73.4 cm³/mol. The molecule has 4 nitrogen and oxygen atoms in total. The Bertz CT molecular complexity index is 705. The molecule has 100 valence electrons. The highest BCUT2D eigenvalue weighted by Gasteiger charge is 2.09. The molecule has 5 heteroatoms. The lowest BCUT2D eigenvalue weighted by molar-refractivity contribution is 0.385. The molecule has 0 atom stereocenters. The first-order chi connectivity index (χ1) is 9.70. The van der Waals surface area contributed by atoms with E-state index in [1.807, 2.05) is 12.1 Å². The number of halogens is 1. The number of rotatable bonds is 3. The van der Waals surface area contributed by atoms with E-state index in [2.05, 4.69) is 10.1 Å². The van der Waals surface area contributed by atoms with Gasteiger partial charge in [-0.2, -0.15) is 4.98 Å². The van der Waals surface area contributed by atoms with Gasteiger partial charge in [0, 0.05) is 11.3 Å². The third-order valence-corrected chi connectivity index (χ3v) is 2.91. The van der Waals surface area contributed by atoms with Gasteiger partial charge in [0.05, 0.1) is 6.42 Å². The van der Waals surface area contributed by atoms with Crippen LogP contribution in [-0.4, -0.2) is 10.1 Å². The second-order valence-corrected chi connectivity index (χ2v) is 4.44. The summed E-state index contributed by atoms with van der Waals surface area (Å²) < 4.78 is 18.0. The van der Waals surface area contributed by atoms with Gasteiger partial charge in [0.25, 0.3) is 0 Å². The summed E-state index contributed by atoms with van der Waals surface area (Å²) in [5.74, 6) is 0.743. The van der Waals surface area contributed by atoms with E-state index in [1.54, 1.807) is 24.3 Å². The molecule has 1 aromatic heterocycles. The Morgan fingerprint density at radius 1 is 1.00 bits per heavy atom. The average molecular weight is 269 g/mol. The molecular weight excluding hydrogens is 257 g/mol. The largest absolute Gasteiger partial charge is 0.399 e. The molecule has 0 spiro atoms. The molecule has 3 aromatic rings. The number of nitrogen functional groups attached to an aromatic ring is 1. The van der Waals surface area contributed by atoms with Crippen LogP contribution in [0.25, 0.3) is 11.4 Å². The molecule has 2 aromatic carbocycles. The molecule has 0 radical (unpaired) electrons. The molecular formula is C15H12FN3O. The molecule has 3 rings (SSSR count). The first kappa shape index (κ1) is 12.3. The number of hydrogen-bond donors (Lipinski definition) is 1. The van der Waals surface area contributed by atoms with Crippen LogP contribution in [-0.2, 0) is 6.42 Å². The summed E-state index contributed by atoms with van der Waals surface area (Å²) in [5, 5.41) is 3.93. The SMILES string of the molecule is Nc1ccc(-c2noc(Cc3ccc(F)cc3)n2)cc1. The van der Waals surface area contributed by atoms with Crippen LogP contribution in [0.1, 0.15) is 11.5 Å². The van der Waals surface area contributed by atoms with Crippen molar-refractivity contribution in [1.82, 2.24) is 10.1 Å². The molecule has 0 bridgehead atoms. The van der Waals surface area contributed by atoms with Crippen molar-refractivity contribution in [3.63, 3.8) is 0 Å². The Balaban J connectivity index is 1.80. The fraction of sp³-hybridized carbons (Fsp3) is 0.0667. The van der Waals surface area contributed by atoms with Gasteiger partial charge < -0.3 is 10.3 Å². The highest BCUT2D eigenvalue weighted by atomic mass is 19.1. The number of benzene rings is 2. The van der Waals surface area contributed by atoms with Crippen molar-refractivity contribution in [3.05, 3.63) is 65.8 Å². The summed E-state index contributed by atoms with van der Waals surface area (Å²) >= 11 is 0. The minimum Gasteiger partial charge on any atom is -0.399 e. The van der Waals surface area contributed by atoms with Gasteiger partial charge >= 0.3 is 0 Å². The second-order valence-electron chi connectivity index (χ2n) is 4.44. The molecule has 0 amide bonds. The van der Waals surface area contributed by atoms with E-state index in [1.165, 1.54) is 12.1 Å². The van der Waals surface area contributed by atoms with Crippen molar-refractivity contribution in [2.45, 2.75) is 6.42 Å². The summed E-state index contributed by atoms with van der Waals surface area (Å²) in [6.45, 7) is 0. The molecule has 0 aliphatic carbocycles. The van der Waals surface area contributed by atoms with Gasteiger partial charge in [0.15, 0.2) is 0 Å². The van der Waals surface area contributed by atoms with Crippen molar-refractivity contribution in [2.24, 2.45) is 0 Å². The highest BCUT2D eigenvalue weighted by Crippen LogP contribution is 2.18. The van der Waals surface area contributed by atoms with E-state index < -0.39 is 0 Å². The van der Waals surface area contributed by atoms with Crippen molar-refractivity contribution in [2.75, 3.05) is 5.73 Å². The Kier molecular flexibility index (Phi) is 3.16. The van der Waals surface area contributed by atoms with E-state index in [4.69, 9.17) is 10.3 Å². The summed E-state index contributed by atoms with van der Waals surface area (Å²) in [6, 6.07) is 13.4. The number of anilines is 1. The Labute approximate surface area is 115 Å². The summed E-state index contributed by atoms with van der Waals surface area (Å²) in [4.78, 5) is 4.32. The van der Waals surface area contributed by atoms with Gasteiger partial charge in [-0.05, 0) is 42.0 Å². The van der Waals surface area contributed by atoms with Crippen molar-refractivity contribution >= 4 is 5.69 Å². The molecule has 1 heterocycles. The lowest BCUT2D eigenvalue weighted by Gasteiger charge is -1.96. The van der Waals surface area contributed by atoms with Crippen molar-refractivity contribution in [1.29, 1.82) is 0 Å². The maximum atomic E-state index is 12.8. The summed E-state index contributed by atoms with van der Waals surface area (Å²) in [7, 11) is 0. The average Bonchev–Trinajstić information content (AvgIpc) is 2.91. The van der Waals surface area contributed by atoms with Crippen LogP contribution in [0.15, 0.2) is 53.1 Å². The molecule has 0 aliphatic heterocycles. The standard InChI is InChI=1S/C15H12FN3O/c16-12-5-1-10(2-6-12)9-14-18-15(19-20-14)11-3-7-13(17)8-4-11/h1-8H,9,17H2. The third kappa shape index (κ3) is 2.66. The molecule has 2 N–H and O–H groups in total. The molecule has 0 saturated heterocycles. The number of nitrogens with two attached hydrogens (primary N) is 1. The van der Waals surface area contributed by atoms with E-state index in [0.29, 0.717) is 23.8 Å². The number of hydrogen-bond acceptors (Lipinski definition) is 4. The minimum atomic E-state index is -0.262. The van der Waals surface area contributed by atoms with Gasteiger partial charge in [-0.25, -0.2) is 4.39 Å². The normalized spacial score (nSPS) is 10.7. The Morgan fingerprint density at radius 2 is 1.70 bits per heavy atom. The quantitative estimate of drug-likeness (QED) is 0.742. The maximum Gasteiger partial charge on any atom is 0.231 e. The highest BCUT2D eigenvalue weighted by molar-refractivity contribution is 5.58. The zero-order valence-corrected chi connectivity index (χ0v) is 10.6. The van der Waals surface area contributed by atoms with Crippen LogP contribution in [0.3, 0.4) is 0 Å². The van der Waals surface area contributed by atoms with Crippen LogP contribution in [0.5, 0.6) is 0 Å². The summed E-state index contributed by atoms with van der Waals surface area (Å²) in [6.07, 6.45) is 0.474. The van der Waals surface area contributed by atoms with Crippen molar-refractivity contribution in [3.8, 4) is 11.4 Å². The topological polar surface area (TPSA) is 64.9 Å². The van der Waals surface area contributed by atoms with Crippen LogP contribution in [0.2, 0.25) is 0 Å². The molecule has 0 saturated carbocycles. The second kappa shape index (κ2) is 5.13. The Hall–Kier alpha value is -2.69. The van der Waals surface area contributed by atoms with Crippen LogP contribution < -0.4 is 5.73 Å². The molecule has 0 aliphatic rings. The van der Waals surface area contributed by atoms with Crippen LogP contribution >= 0.6 is 0 Å². The smallest absolute Gasteiger partial charge is 0.231 e. The molecule has 0 fully saturated rings. The van der Waals surface area contributed by atoms with Gasteiger partial charge in [-0.3, -0.25) is 0 Å². The van der Waals surface area contributed by atoms with Crippen molar-refractivity contribution < 1.29 is 8.91 Å². The van der Waals surface area contributed by atoms with E-state index in [-0.39, 0.29) is 5.82 Å². The van der Waals surface area contributed by atoms with Gasteiger partial charge in [-0.15, -0.1) is 0 Å². The fourth-order valence-corrected chi connectivity index (χ4v) is 1.85. The first-order valence-corrected chi connectivity index (χ1v) is 6.14. The van der Waals surface area contributed by atoms with Gasteiger partial charge in [-0.1, -0.05) is 17.3 Å². The van der Waals surface area contributed by atoms with E-state index in [0.717, 1.165) is 11.1 Å². The Morgan fingerprint density at radius 3 is 2.40 bits per heavy atom. The zero-order valence-electron chi connectivity index (χ0n) is 10.6. The van der Waals surface area contributed by atoms with Crippen LogP contribution in [0, 0.1) is 5.82 Å². The zero-order chi connectivity index (χ0) is 13.9. The predicted octanol–water partition coefficient (Wildman–Crippen LogP) is 3.05. The summed E-state index contributed by atoms with van der Waals surface area (Å²) in [5.41, 5.74) is 8.07. The maximum absolute atomic E-state index is 12.8. The van der Waals surface area contributed by atoms with Crippen LogP contribution in [0.4, 0.5) is 10.1 Å². The van der Waals surface area contributed by atoms with Gasteiger partial charge in [0.1, 0.15) is 5.82 Å². The number of nitrogens with zero attached hydrogens (tertiary/aromatic N) is 2. The molecule has 20 heavy (non-hydrogen) atoms. The fourth-order valence-electron chi connectivity index (χ4n) is 1.85. The lowest BCUT2D eigenvalue weighted by Crippen LogP contribution is -1.89. The third-order valence-electron chi connectivity index (χ3n) is 2.91. The van der Waals surface area contributed by atoms with Gasteiger partial charge in [0.2, 0.25) is 11.7 Å². The number of aromatic nitrogens is 2. The first-order valence-electron chi connectivity index (χ1n) is 6.14. The molecule has 0 unspecified atom stereocenters. The lowest BCUT2D eigenvalue weighted by atomic mass is 10.1. The van der Waals surface area contributed by atoms with E-state index in [9.17, 15) is 4.39 Å². The monoisotopic (exact) mass is 269 g/mol.